The van der Waals surface area contributed by atoms with Crippen LogP contribution in [0.2, 0.25) is 0 Å². The zero-order chi connectivity index (χ0) is 31.0. The molecule has 0 fully saturated rings. The van der Waals surface area contributed by atoms with Gasteiger partial charge in [-0.05, 0) is 96.1 Å². The Morgan fingerprint density at radius 3 is 1.77 bits per heavy atom. The van der Waals surface area contributed by atoms with Crippen molar-refractivity contribution in [3.05, 3.63) is 121 Å². The molecule has 0 saturated carbocycles. The van der Waals surface area contributed by atoms with Gasteiger partial charge in [0.15, 0.2) is 11.7 Å². The van der Waals surface area contributed by atoms with E-state index in [-0.39, 0.29) is 22.6 Å². The average molecular weight is 555 g/mol. The smallest absolute Gasteiger partial charge is 0.166 e. The average Bonchev–Trinajstić information content (AvgIpc) is 2.92. The molecule has 3 unspecified atom stereocenters. The second-order valence-electron chi connectivity index (χ2n) is 11.6. The topological polar surface area (TPSA) is 0 Å². The molecule has 0 aliphatic carbocycles. The van der Waals surface area contributed by atoms with Crippen LogP contribution in [0.4, 0.5) is 13.2 Å². The molecule has 0 amide bonds. The summed E-state index contributed by atoms with van der Waals surface area (Å²) in [7, 11) is 0. The van der Waals surface area contributed by atoms with Gasteiger partial charge in [-0.1, -0.05) is 105 Å². The second-order valence-corrected chi connectivity index (χ2v) is 11.6. The van der Waals surface area contributed by atoms with Crippen LogP contribution in [-0.4, -0.2) is 0 Å². The van der Waals surface area contributed by atoms with Crippen LogP contribution in [0, 0.1) is 23.7 Å². The van der Waals surface area contributed by atoms with Crippen molar-refractivity contribution in [2.45, 2.75) is 86.0 Å². The van der Waals surface area contributed by atoms with E-state index in [1.54, 1.807) is 6.08 Å². The first kappa shape index (κ1) is 37.2. The minimum absolute atomic E-state index is 0.00268. The first-order chi connectivity index (χ1) is 18.6. The van der Waals surface area contributed by atoms with Gasteiger partial charge >= 0.3 is 0 Å². The normalized spacial score (nSPS) is 14.9. The van der Waals surface area contributed by atoms with Gasteiger partial charge in [-0.25, -0.2) is 13.2 Å². The molecule has 0 aromatic rings. The van der Waals surface area contributed by atoms with Crippen LogP contribution < -0.4 is 0 Å². The van der Waals surface area contributed by atoms with Crippen LogP contribution in [0.25, 0.3) is 0 Å². The summed E-state index contributed by atoms with van der Waals surface area (Å²) >= 11 is 0. The fourth-order valence-corrected chi connectivity index (χ4v) is 4.00. The van der Waals surface area contributed by atoms with Crippen molar-refractivity contribution in [1.82, 2.24) is 0 Å². The second kappa shape index (κ2) is 19.3. The van der Waals surface area contributed by atoms with Crippen molar-refractivity contribution >= 4 is 0 Å². The molecule has 0 aromatic carbocycles. The molecule has 0 saturated heterocycles. The fourth-order valence-electron chi connectivity index (χ4n) is 4.00. The van der Waals surface area contributed by atoms with Crippen LogP contribution in [0.5, 0.6) is 0 Å². The zero-order valence-electron chi connectivity index (χ0n) is 25.9. The summed E-state index contributed by atoms with van der Waals surface area (Å²) in [6, 6.07) is 0. The largest absolute Gasteiger partial charge is 0.207 e. The number of hydrogen-bond acceptors (Lipinski definition) is 0. The number of hydrogen-bond donors (Lipinski definition) is 0. The van der Waals surface area contributed by atoms with Gasteiger partial charge in [0, 0.05) is 5.57 Å². The maximum absolute atomic E-state index is 15.0. The summed E-state index contributed by atoms with van der Waals surface area (Å²) in [5.74, 6) is -0.634. The lowest BCUT2D eigenvalue weighted by Crippen LogP contribution is -2.11. The molecule has 0 nitrogen and oxygen atoms in total. The lowest BCUT2D eigenvalue weighted by Gasteiger charge is -2.23. The molecule has 222 valence electrons. The highest BCUT2D eigenvalue weighted by Crippen LogP contribution is 2.31. The minimum atomic E-state index is -1.09. The van der Waals surface area contributed by atoms with E-state index in [0.29, 0.717) is 47.3 Å². The predicted octanol–water partition coefficient (Wildman–Crippen LogP) is 12.8. The highest BCUT2D eigenvalue weighted by Gasteiger charge is 2.18. The molecule has 0 bridgehead atoms. The molecule has 0 aliphatic rings. The van der Waals surface area contributed by atoms with Crippen molar-refractivity contribution in [3.63, 3.8) is 0 Å². The van der Waals surface area contributed by atoms with E-state index in [1.807, 2.05) is 6.92 Å². The number of halogens is 3. The molecule has 0 rings (SSSR count). The van der Waals surface area contributed by atoms with Gasteiger partial charge in [-0.15, -0.1) is 6.58 Å². The van der Waals surface area contributed by atoms with Gasteiger partial charge in [-0.2, -0.15) is 0 Å². The molecule has 0 N–H and O–H groups in total. The van der Waals surface area contributed by atoms with Gasteiger partial charge in [0.05, 0.1) is 0 Å². The Hall–Kier alpha value is -2.81. The Labute approximate surface area is 243 Å². The third kappa shape index (κ3) is 14.0. The summed E-state index contributed by atoms with van der Waals surface area (Å²) in [5.41, 5.74) is 1.27. The quantitative estimate of drug-likeness (QED) is 0.0752. The number of unbranched alkanes of at least 4 members (excludes halogenated alkanes) is 2. The molecule has 3 atom stereocenters. The van der Waals surface area contributed by atoms with Gasteiger partial charge in [0.1, 0.15) is 5.83 Å². The van der Waals surface area contributed by atoms with Crippen LogP contribution in [0.1, 0.15) is 86.0 Å². The standard InChI is InChI=1S/C37H53F3/c1-13-14-15-16-17-31(9)36(39)37(40)34(12)30(8)23-21-28(6)32(10)24-35(38)33(11)29(7)22-20-27(5)26(4)19-18-25(2)3/h13,21,23-27,29H,1,6,8-12,14-20,22H2,2-5,7H3/b23-21-,35-24+,37-36-. The fraction of sp³-hybridized carbons (Fsp3) is 0.459. The van der Waals surface area contributed by atoms with E-state index >= 15 is 0 Å². The van der Waals surface area contributed by atoms with Crippen LogP contribution in [0.15, 0.2) is 121 Å². The summed E-state index contributed by atoms with van der Waals surface area (Å²) in [5, 5.41) is 0. The van der Waals surface area contributed by atoms with E-state index in [0.717, 1.165) is 25.7 Å². The summed E-state index contributed by atoms with van der Waals surface area (Å²) in [6.07, 6.45) is 13.1. The van der Waals surface area contributed by atoms with Crippen molar-refractivity contribution in [2.75, 3.05) is 0 Å². The maximum atomic E-state index is 15.0. The lowest BCUT2D eigenvalue weighted by molar-refractivity contribution is 0.305. The van der Waals surface area contributed by atoms with Crippen LogP contribution in [0.3, 0.4) is 0 Å². The Kier molecular flexibility index (Phi) is 17.9. The Balaban J connectivity index is 5.04. The summed E-state index contributed by atoms with van der Waals surface area (Å²) in [4.78, 5) is 0. The SMILES string of the molecule is C=CCCCCC(=C)/C(F)=C(/F)C(=C)C(=C)/C=C\C(=C)C(=C)/C=C(/F)C(=C)C(C)CCC(C)C(C)CCC(C)C. The third-order valence-electron chi connectivity index (χ3n) is 7.62. The summed E-state index contributed by atoms with van der Waals surface area (Å²) in [6.45, 7) is 37.5. The number of rotatable bonds is 21. The Morgan fingerprint density at radius 2 is 1.23 bits per heavy atom. The van der Waals surface area contributed by atoms with E-state index < -0.39 is 17.5 Å². The van der Waals surface area contributed by atoms with Crippen LogP contribution >= 0.6 is 0 Å². The number of allylic oxidation sites excluding steroid dienone is 13. The molecule has 0 aliphatic heterocycles. The van der Waals surface area contributed by atoms with Gasteiger partial charge in [0.25, 0.3) is 0 Å². The molecular weight excluding hydrogens is 501 g/mol. The van der Waals surface area contributed by atoms with Crippen molar-refractivity contribution in [3.8, 4) is 0 Å². The van der Waals surface area contributed by atoms with Crippen molar-refractivity contribution in [2.24, 2.45) is 23.7 Å². The monoisotopic (exact) mass is 554 g/mol. The summed E-state index contributed by atoms with van der Waals surface area (Å²) < 4.78 is 44.1. The molecule has 3 heteroatoms. The van der Waals surface area contributed by atoms with Crippen molar-refractivity contribution in [1.29, 1.82) is 0 Å². The Bertz CT molecular complexity index is 1030. The van der Waals surface area contributed by atoms with E-state index in [2.05, 4.69) is 73.7 Å². The minimum Gasteiger partial charge on any atom is -0.207 e. The van der Waals surface area contributed by atoms with Crippen molar-refractivity contribution < 1.29 is 13.2 Å². The predicted molar refractivity (Wildman–Crippen MR) is 172 cm³/mol. The Morgan fingerprint density at radius 1 is 0.675 bits per heavy atom. The molecule has 40 heavy (non-hydrogen) atoms. The van der Waals surface area contributed by atoms with Gasteiger partial charge in [-0.3, -0.25) is 0 Å². The first-order valence-corrected chi connectivity index (χ1v) is 14.5. The van der Waals surface area contributed by atoms with E-state index in [1.165, 1.54) is 31.1 Å². The first-order valence-electron chi connectivity index (χ1n) is 14.5. The molecular formula is C37H53F3. The highest BCUT2D eigenvalue weighted by atomic mass is 19.2. The lowest BCUT2D eigenvalue weighted by atomic mass is 9.83. The maximum Gasteiger partial charge on any atom is 0.166 e. The van der Waals surface area contributed by atoms with Gasteiger partial charge < -0.3 is 0 Å². The van der Waals surface area contributed by atoms with Crippen LogP contribution in [-0.2, 0) is 0 Å². The molecule has 0 aromatic heterocycles. The third-order valence-corrected chi connectivity index (χ3v) is 7.62. The van der Waals surface area contributed by atoms with Gasteiger partial charge in [0.2, 0.25) is 0 Å². The van der Waals surface area contributed by atoms with E-state index in [4.69, 9.17) is 0 Å². The molecule has 0 spiro atoms. The highest BCUT2D eigenvalue weighted by molar-refractivity contribution is 5.53. The molecule has 0 radical (unpaired) electrons. The molecule has 0 heterocycles. The van der Waals surface area contributed by atoms with E-state index in [9.17, 15) is 13.2 Å². The zero-order valence-corrected chi connectivity index (χ0v) is 25.9.